The molecule has 2 aromatic rings. The summed E-state index contributed by atoms with van der Waals surface area (Å²) in [5, 5.41) is 10.9. The summed E-state index contributed by atoms with van der Waals surface area (Å²) in [6.07, 6.45) is 1.78. The molecule has 4 rings (SSSR count). The maximum absolute atomic E-state index is 15.0. The molecule has 2 aliphatic rings. The molecule has 12 heteroatoms. The molecule has 0 unspecified atom stereocenters. The lowest BCUT2D eigenvalue weighted by atomic mass is 10.1. The lowest BCUT2D eigenvalue weighted by Crippen LogP contribution is -2.40. The summed E-state index contributed by atoms with van der Waals surface area (Å²) in [5.41, 5.74) is 1.44. The van der Waals surface area contributed by atoms with Gasteiger partial charge in [0.05, 0.1) is 24.5 Å². The molecule has 2 aromatic heterocycles. The Morgan fingerprint density at radius 1 is 1.19 bits per heavy atom. The molecule has 1 saturated heterocycles. The van der Waals surface area contributed by atoms with E-state index in [1.54, 1.807) is 24.0 Å². The van der Waals surface area contributed by atoms with Crippen LogP contribution in [0.3, 0.4) is 0 Å². The number of hydrogen-bond acceptors (Lipinski definition) is 9. The standard InChI is InChI=1S/C20H24FN7O4/c1-14-17(12-32-20(14)30)27-7-9-31-8-6-26(5-4-19(27)29)11-16(21)15-2-3-18(22-10-15)28-13-23-24-25-28/h2-3,10,13,16H,4-9,11-12H2,1H3/t16-/m0/s1. The molecule has 0 bridgehead atoms. The smallest absolute Gasteiger partial charge is 0.336 e. The fourth-order valence-electron chi connectivity index (χ4n) is 3.61. The number of alkyl halides is 1. The third kappa shape index (κ3) is 4.97. The Morgan fingerprint density at radius 2 is 2.03 bits per heavy atom. The summed E-state index contributed by atoms with van der Waals surface area (Å²) in [4.78, 5) is 32.2. The molecule has 2 aliphatic heterocycles. The van der Waals surface area contributed by atoms with E-state index in [2.05, 4.69) is 20.5 Å². The molecule has 0 aliphatic carbocycles. The van der Waals surface area contributed by atoms with Crippen LogP contribution in [0.5, 0.6) is 0 Å². The second kappa shape index (κ2) is 9.92. The number of rotatable bonds is 5. The number of carbonyl (C=O) groups is 2. The first-order valence-electron chi connectivity index (χ1n) is 10.3. The second-order valence-corrected chi connectivity index (χ2v) is 7.53. The molecular weight excluding hydrogens is 421 g/mol. The fraction of sp³-hybridized carbons (Fsp3) is 0.500. The number of cyclic esters (lactones) is 1. The van der Waals surface area contributed by atoms with Crippen molar-refractivity contribution < 1.29 is 23.5 Å². The van der Waals surface area contributed by atoms with Gasteiger partial charge in [0.2, 0.25) is 5.91 Å². The largest absolute Gasteiger partial charge is 0.456 e. The first-order valence-corrected chi connectivity index (χ1v) is 10.3. The van der Waals surface area contributed by atoms with Crippen LogP contribution in [-0.2, 0) is 19.1 Å². The fourth-order valence-corrected chi connectivity index (χ4v) is 3.61. The van der Waals surface area contributed by atoms with Crippen LogP contribution in [-0.4, -0.2) is 92.9 Å². The lowest BCUT2D eigenvalue weighted by Gasteiger charge is -2.29. The van der Waals surface area contributed by atoms with E-state index in [1.165, 1.54) is 17.2 Å². The van der Waals surface area contributed by atoms with Crippen LogP contribution in [0.25, 0.3) is 5.82 Å². The van der Waals surface area contributed by atoms with Gasteiger partial charge in [0, 0.05) is 44.4 Å². The Bertz CT molecular complexity index is 980. The van der Waals surface area contributed by atoms with Gasteiger partial charge in [0.25, 0.3) is 0 Å². The zero-order chi connectivity index (χ0) is 22.5. The summed E-state index contributed by atoms with van der Waals surface area (Å²) >= 11 is 0. The molecule has 0 radical (unpaired) electrons. The van der Waals surface area contributed by atoms with Crippen LogP contribution in [0.2, 0.25) is 0 Å². The van der Waals surface area contributed by atoms with Gasteiger partial charge < -0.3 is 14.4 Å². The van der Waals surface area contributed by atoms with E-state index in [9.17, 15) is 14.0 Å². The first-order chi connectivity index (χ1) is 15.5. The maximum atomic E-state index is 15.0. The van der Waals surface area contributed by atoms with Gasteiger partial charge in [-0.1, -0.05) is 6.07 Å². The average molecular weight is 445 g/mol. The van der Waals surface area contributed by atoms with Gasteiger partial charge in [-0.3, -0.25) is 9.69 Å². The third-order valence-corrected chi connectivity index (χ3v) is 5.49. The van der Waals surface area contributed by atoms with E-state index < -0.39 is 12.1 Å². The number of pyridine rings is 1. The molecule has 32 heavy (non-hydrogen) atoms. The van der Waals surface area contributed by atoms with Gasteiger partial charge in [-0.25, -0.2) is 14.2 Å². The molecule has 0 saturated carbocycles. The van der Waals surface area contributed by atoms with Gasteiger partial charge in [0.15, 0.2) is 5.82 Å². The number of halogens is 1. The van der Waals surface area contributed by atoms with E-state index in [0.717, 1.165) is 0 Å². The predicted molar refractivity (Wildman–Crippen MR) is 108 cm³/mol. The number of esters is 1. The highest BCUT2D eigenvalue weighted by Gasteiger charge is 2.29. The Kier molecular flexibility index (Phi) is 6.81. The van der Waals surface area contributed by atoms with Gasteiger partial charge >= 0.3 is 5.97 Å². The van der Waals surface area contributed by atoms with E-state index >= 15 is 0 Å². The zero-order valence-corrected chi connectivity index (χ0v) is 17.7. The number of tetrazole rings is 1. The van der Waals surface area contributed by atoms with Crippen molar-refractivity contribution in [1.82, 2.24) is 35.0 Å². The predicted octanol–water partition coefficient (Wildman–Crippen LogP) is 0.450. The number of aromatic nitrogens is 5. The average Bonchev–Trinajstić information content (AvgIpc) is 3.45. The second-order valence-electron chi connectivity index (χ2n) is 7.53. The third-order valence-electron chi connectivity index (χ3n) is 5.49. The highest BCUT2D eigenvalue weighted by Crippen LogP contribution is 2.22. The van der Waals surface area contributed by atoms with Gasteiger partial charge in [0.1, 0.15) is 19.1 Å². The minimum Gasteiger partial charge on any atom is -0.456 e. The summed E-state index contributed by atoms with van der Waals surface area (Å²) < 4.78 is 27.1. The van der Waals surface area contributed by atoms with Crippen LogP contribution in [0.4, 0.5) is 4.39 Å². The molecule has 1 fully saturated rings. The van der Waals surface area contributed by atoms with Crippen molar-refractivity contribution in [1.29, 1.82) is 0 Å². The zero-order valence-electron chi connectivity index (χ0n) is 17.7. The molecule has 0 spiro atoms. The highest BCUT2D eigenvalue weighted by atomic mass is 19.1. The number of nitrogens with zero attached hydrogens (tertiary/aromatic N) is 7. The van der Waals surface area contributed by atoms with Crippen molar-refractivity contribution in [3.05, 3.63) is 41.5 Å². The van der Waals surface area contributed by atoms with Crippen molar-refractivity contribution in [3.8, 4) is 5.82 Å². The molecule has 1 atom stereocenters. The van der Waals surface area contributed by atoms with E-state index in [-0.39, 0.29) is 25.5 Å². The van der Waals surface area contributed by atoms with Gasteiger partial charge in [-0.15, -0.1) is 5.10 Å². The Morgan fingerprint density at radius 3 is 2.72 bits per heavy atom. The molecular formula is C20H24FN7O4. The molecule has 1 amide bonds. The van der Waals surface area contributed by atoms with Crippen LogP contribution >= 0.6 is 0 Å². The lowest BCUT2D eigenvalue weighted by molar-refractivity contribution is -0.137. The van der Waals surface area contributed by atoms with E-state index in [0.29, 0.717) is 55.5 Å². The summed E-state index contributed by atoms with van der Waals surface area (Å²) in [6.45, 7) is 3.81. The number of carbonyl (C=O) groups excluding carboxylic acids is 2. The van der Waals surface area contributed by atoms with Crippen LogP contribution in [0.15, 0.2) is 35.9 Å². The summed E-state index contributed by atoms with van der Waals surface area (Å²) in [7, 11) is 0. The first kappa shape index (κ1) is 22.0. The number of hydrogen-bond donors (Lipinski definition) is 0. The quantitative estimate of drug-likeness (QED) is 0.605. The monoisotopic (exact) mass is 445 g/mol. The highest BCUT2D eigenvalue weighted by molar-refractivity contribution is 5.92. The minimum atomic E-state index is -1.29. The summed E-state index contributed by atoms with van der Waals surface area (Å²) in [6, 6.07) is 3.29. The number of ether oxygens (including phenoxy) is 2. The van der Waals surface area contributed by atoms with E-state index in [4.69, 9.17) is 9.47 Å². The van der Waals surface area contributed by atoms with Gasteiger partial charge in [-0.2, -0.15) is 4.68 Å². The van der Waals surface area contributed by atoms with Crippen molar-refractivity contribution in [3.63, 3.8) is 0 Å². The maximum Gasteiger partial charge on any atom is 0.336 e. The van der Waals surface area contributed by atoms with Crippen LogP contribution < -0.4 is 0 Å². The molecule has 0 aromatic carbocycles. The normalized spacial score (nSPS) is 19.9. The molecule has 4 heterocycles. The van der Waals surface area contributed by atoms with Crippen molar-refractivity contribution in [2.75, 3.05) is 46.0 Å². The van der Waals surface area contributed by atoms with Gasteiger partial charge in [-0.05, 0) is 23.4 Å². The Balaban J connectivity index is 1.38. The summed E-state index contributed by atoms with van der Waals surface area (Å²) in [5.74, 6) is -0.0635. The Hall–Kier alpha value is -3.25. The molecule has 170 valence electrons. The van der Waals surface area contributed by atoms with Crippen molar-refractivity contribution in [2.45, 2.75) is 19.5 Å². The van der Waals surface area contributed by atoms with Crippen molar-refractivity contribution >= 4 is 11.9 Å². The van der Waals surface area contributed by atoms with Crippen LogP contribution in [0, 0.1) is 0 Å². The van der Waals surface area contributed by atoms with Crippen molar-refractivity contribution in [2.24, 2.45) is 0 Å². The number of amides is 1. The topological polar surface area (TPSA) is 116 Å². The Labute approximate surface area is 183 Å². The van der Waals surface area contributed by atoms with E-state index in [1.807, 2.05) is 4.90 Å². The molecule has 0 N–H and O–H groups in total. The molecule has 11 nitrogen and oxygen atoms in total. The SMILES string of the molecule is CC1=C(N2CCOCCN(C[C@H](F)c3ccc(-n4cnnn4)nc3)CCC2=O)COC1=O. The van der Waals surface area contributed by atoms with Crippen LogP contribution in [0.1, 0.15) is 25.1 Å². The minimum absolute atomic E-state index is 0.0837.